The largest absolute Gasteiger partial charge is 0.507 e. The van der Waals surface area contributed by atoms with E-state index in [0.717, 1.165) is 35.2 Å². The van der Waals surface area contributed by atoms with Gasteiger partial charge in [0.1, 0.15) is 17.3 Å². The SMILES string of the molecule is CCOc1cccc(/C(O)=C2\C(=O)C(=O)N(c3ccc(C(F)(F)F)cc3)C2c2ccccc2F)c1. The minimum absolute atomic E-state index is 0.0597. The van der Waals surface area contributed by atoms with Crippen molar-refractivity contribution in [3.05, 3.63) is 101 Å². The van der Waals surface area contributed by atoms with Crippen LogP contribution in [0.4, 0.5) is 23.2 Å². The molecule has 1 saturated heterocycles. The molecule has 0 radical (unpaired) electrons. The molecular weight excluding hydrogens is 466 g/mol. The van der Waals surface area contributed by atoms with Gasteiger partial charge in [0, 0.05) is 16.8 Å². The number of carbonyl (C=O) groups excluding carboxylic acids is 2. The maximum absolute atomic E-state index is 14.9. The van der Waals surface area contributed by atoms with Crippen LogP contribution in [-0.4, -0.2) is 23.4 Å². The number of aliphatic hydroxyl groups excluding tert-OH is 1. The molecule has 1 heterocycles. The Kier molecular flexibility index (Phi) is 6.34. The van der Waals surface area contributed by atoms with Crippen LogP contribution in [0.5, 0.6) is 5.75 Å². The Hall–Kier alpha value is -4.14. The van der Waals surface area contributed by atoms with Crippen molar-refractivity contribution in [2.75, 3.05) is 11.5 Å². The number of alkyl halides is 3. The highest BCUT2D eigenvalue weighted by molar-refractivity contribution is 6.51. The first-order valence-electron chi connectivity index (χ1n) is 10.6. The van der Waals surface area contributed by atoms with Gasteiger partial charge in [0.2, 0.25) is 0 Å². The second-order valence-electron chi connectivity index (χ2n) is 7.70. The Labute approximate surface area is 197 Å². The van der Waals surface area contributed by atoms with E-state index >= 15 is 0 Å². The molecule has 0 aromatic heterocycles. The fourth-order valence-corrected chi connectivity index (χ4v) is 3.96. The van der Waals surface area contributed by atoms with Gasteiger partial charge in [-0.25, -0.2) is 4.39 Å². The van der Waals surface area contributed by atoms with Crippen molar-refractivity contribution in [2.45, 2.75) is 19.1 Å². The first-order valence-corrected chi connectivity index (χ1v) is 10.6. The summed E-state index contributed by atoms with van der Waals surface area (Å²) in [6.45, 7) is 2.11. The number of amides is 1. The molecule has 1 aliphatic rings. The van der Waals surface area contributed by atoms with Crippen molar-refractivity contribution in [3.8, 4) is 5.75 Å². The second kappa shape index (κ2) is 9.25. The lowest BCUT2D eigenvalue weighted by Gasteiger charge is -2.26. The maximum atomic E-state index is 14.9. The van der Waals surface area contributed by atoms with Gasteiger partial charge in [0.15, 0.2) is 0 Å². The van der Waals surface area contributed by atoms with Crippen LogP contribution in [0.2, 0.25) is 0 Å². The van der Waals surface area contributed by atoms with Gasteiger partial charge >= 0.3 is 6.18 Å². The van der Waals surface area contributed by atoms with E-state index in [4.69, 9.17) is 4.74 Å². The second-order valence-corrected chi connectivity index (χ2v) is 7.70. The summed E-state index contributed by atoms with van der Waals surface area (Å²) in [6.07, 6.45) is -4.61. The number of nitrogens with zero attached hydrogens (tertiary/aromatic N) is 1. The van der Waals surface area contributed by atoms with Crippen LogP contribution < -0.4 is 9.64 Å². The molecule has 1 amide bonds. The highest BCUT2D eigenvalue weighted by Crippen LogP contribution is 2.43. The zero-order valence-corrected chi connectivity index (χ0v) is 18.3. The molecule has 1 atom stereocenters. The van der Waals surface area contributed by atoms with E-state index in [1.165, 1.54) is 30.3 Å². The molecule has 1 aliphatic heterocycles. The van der Waals surface area contributed by atoms with E-state index < -0.39 is 46.6 Å². The quantitative estimate of drug-likeness (QED) is 0.213. The Morgan fingerprint density at radius 3 is 2.31 bits per heavy atom. The number of carbonyl (C=O) groups is 2. The van der Waals surface area contributed by atoms with Gasteiger partial charge in [-0.1, -0.05) is 30.3 Å². The number of benzene rings is 3. The van der Waals surface area contributed by atoms with Crippen molar-refractivity contribution in [1.29, 1.82) is 0 Å². The predicted octanol–water partition coefficient (Wildman–Crippen LogP) is 5.87. The fourth-order valence-electron chi connectivity index (χ4n) is 3.96. The van der Waals surface area contributed by atoms with E-state index in [9.17, 15) is 32.3 Å². The van der Waals surface area contributed by atoms with Gasteiger partial charge in [0.05, 0.1) is 23.8 Å². The van der Waals surface area contributed by atoms with Crippen molar-refractivity contribution in [3.63, 3.8) is 0 Å². The number of Topliss-reactive ketones (excluding diaryl/α,β-unsaturated/α-hetero) is 1. The van der Waals surface area contributed by atoms with Gasteiger partial charge in [-0.15, -0.1) is 0 Å². The summed E-state index contributed by atoms with van der Waals surface area (Å²) >= 11 is 0. The van der Waals surface area contributed by atoms with Crippen molar-refractivity contribution in [2.24, 2.45) is 0 Å². The standard InChI is InChI=1S/C26H19F4NO4/c1-2-35-18-7-5-6-15(14-18)23(32)21-22(19-8-3-4-9-20(19)27)31(25(34)24(21)33)17-12-10-16(11-13-17)26(28,29)30/h3-14,22,32H,2H2,1H3/b23-21+. The third kappa shape index (κ3) is 4.49. The van der Waals surface area contributed by atoms with E-state index in [1.54, 1.807) is 19.1 Å². The number of hydrogen-bond acceptors (Lipinski definition) is 4. The van der Waals surface area contributed by atoms with Crippen molar-refractivity contribution in [1.82, 2.24) is 0 Å². The number of anilines is 1. The van der Waals surface area contributed by atoms with Crippen LogP contribution in [0.25, 0.3) is 5.76 Å². The molecule has 1 fully saturated rings. The van der Waals surface area contributed by atoms with Crippen molar-refractivity contribution >= 4 is 23.1 Å². The molecule has 5 nitrogen and oxygen atoms in total. The summed E-state index contributed by atoms with van der Waals surface area (Å²) < 4.78 is 59.4. The molecule has 35 heavy (non-hydrogen) atoms. The van der Waals surface area contributed by atoms with Crippen LogP contribution >= 0.6 is 0 Å². The van der Waals surface area contributed by atoms with Crippen LogP contribution in [0.1, 0.15) is 29.7 Å². The molecule has 3 aromatic rings. The summed E-state index contributed by atoms with van der Waals surface area (Å²) in [7, 11) is 0. The van der Waals surface area contributed by atoms with Crippen LogP contribution in [0, 0.1) is 5.82 Å². The average molecular weight is 485 g/mol. The number of hydrogen-bond donors (Lipinski definition) is 1. The first-order chi connectivity index (χ1) is 16.6. The van der Waals surface area contributed by atoms with E-state index in [2.05, 4.69) is 0 Å². The molecule has 4 rings (SSSR count). The summed E-state index contributed by atoms with van der Waals surface area (Å²) in [5, 5.41) is 11.1. The van der Waals surface area contributed by atoms with Gasteiger partial charge in [-0.3, -0.25) is 14.5 Å². The highest BCUT2D eigenvalue weighted by atomic mass is 19.4. The number of halogens is 4. The van der Waals surface area contributed by atoms with E-state index in [-0.39, 0.29) is 16.8 Å². The van der Waals surface area contributed by atoms with Crippen LogP contribution in [0.3, 0.4) is 0 Å². The van der Waals surface area contributed by atoms with Gasteiger partial charge in [-0.2, -0.15) is 13.2 Å². The number of ether oxygens (including phenoxy) is 1. The maximum Gasteiger partial charge on any atom is 0.416 e. The highest BCUT2D eigenvalue weighted by Gasteiger charge is 2.48. The summed E-state index contributed by atoms with van der Waals surface area (Å²) in [5.41, 5.74) is -1.35. The third-order valence-electron chi connectivity index (χ3n) is 5.54. The van der Waals surface area contributed by atoms with Crippen LogP contribution in [-0.2, 0) is 15.8 Å². The van der Waals surface area contributed by atoms with Crippen LogP contribution in [0.15, 0.2) is 78.4 Å². The Bertz CT molecular complexity index is 1320. The molecule has 1 N–H and O–H groups in total. The molecule has 0 aliphatic carbocycles. The molecule has 3 aromatic carbocycles. The predicted molar refractivity (Wildman–Crippen MR) is 120 cm³/mol. The Morgan fingerprint density at radius 2 is 1.69 bits per heavy atom. The number of ketones is 1. The van der Waals surface area contributed by atoms with Crippen molar-refractivity contribution < 1.29 is 37.0 Å². The lowest BCUT2D eigenvalue weighted by molar-refractivity contribution is -0.137. The normalized spacial score (nSPS) is 17.6. The molecule has 1 unspecified atom stereocenters. The molecule has 180 valence electrons. The average Bonchev–Trinajstić information content (AvgIpc) is 3.09. The molecular formula is C26H19F4NO4. The first kappa shape index (κ1) is 24.0. The zero-order valence-electron chi connectivity index (χ0n) is 18.3. The molecule has 0 bridgehead atoms. The summed E-state index contributed by atoms with van der Waals surface area (Å²) in [5.74, 6) is -3.13. The summed E-state index contributed by atoms with van der Waals surface area (Å²) in [4.78, 5) is 27.0. The monoisotopic (exact) mass is 485 g/mol. The minimum atomic E-state index is -4.61. The zero-order chi connectivity index (χ0) is 25.3. The minimum Gasteiger partial charge on any atom is -0.507 e. The smallest absolute Gasteiger partial charge is 0.416 e. The topological polar surface area (TPSA) is 66.8 Å². The van der Waals surface area contributed by atoms with Gasteiger partial charge in [0.25, 0.3) is 11.7 Å². The van der Waals surface area contributed by atoms with E-state index in [0.29, 0.717) is 12.4 Å². The number of rotatable bonds is 5. The fraction of sp³-hybridized carbons (Fsp3) is 0.154. The Balaban J connectivity index is 1.91. The van der Waals surface area contributed by atoms with Gasteiger partial charge < -0.3 is 9.84 Å². The molecule has 0 spiro atoms. The van der Waals surface area contributed by atoms with E-state index in [1.807, 2.05) is 0 Å². The lowest BCUT2D eigenvalue weighted by atomic mass is 9.94. The van der Waals surface area contributed by atoms with Gasteiger partial charge in [-0.05, 0) is 49.4 Å². The third-order valence-corrected chi connectivity index (χ3v) is 5.54. The Morgan fingerprint density at radius 1 is 1.00 bits per heavy atom. The summed E-state index contributed by atoms with van der Waals surface area (Å²) in [6, 6.07) is 13.7. The molecule has 0 saturated carbocycles. The number of aliphatic hydroxyl groups is 1. The lowest BCUT2D eigenvalue weighted by Crippen LogP contribution is -2.30. The molecule has 9 heteroatoms.